The van der Waals surface area contributed by atoms with Crippen LogP contribution in [-0.2, 0) is 4.74 Å². The average molecular weight is 843 g/mol. The summed E-state index contributed by atoms with van der Waals surface area (Å²) >= 11 is 0. The third-order valence-electron chi connectivity index (χ3n) is 17.8. The van der Waals surface area contributed by atoms with Gasteiger partial charge in [0.15, 0.2) is 0 Å². The molecule has 0 bridgehead atoms. The van der Waals surface area contributed by atoms with Crippen molar-refractivity contribution in [1.29, 1.82) is 5.26 Å². The normalized spacial score (nSPS) is 41.5. The van der Waals surface area contributed by atoms with E-state index in [1.165, 1.54) is 77.8 Å². The summed E-state index contributed by atoms with van der Waals surface area (Å²) in [5.41, 5.74) is 14.4. The molecular weight excluding hydrogens is 773 g/mol. The maximum absolute atomic E-state index is 11.5. The number of hydrogen-bond donors (Lipinski definition) is 3. The van der Waals surface area contributed by atoms with Gasteiger partial charge in [0.2, 0.25) is 0 Å². The van der Waals surface area contributed by atoms with Crippen molar-refractivity contribution in [2.75, 3.05) is 4.90 Å². The Morgan fingerprint density at radius 2 is 1.62 bits per heavy atom. The van der Waals surface area contributed by atoms with Crippen LogP contribution in [0.4, 0.5) is 5.69 Å². The lowest BCUT2D eigenvalue weighted by Crippen LogP contribution is -2.70. The number of benzene rings is 1. The number of anilines is 1. The van der Waals surface area contributed by atoms with Crippen LogP contribution in [0, 0.1) is 53.8 Å². The molecule has 4 heterocycles. The fourth-order valence-electron chi connectivity index (χ4n) is 14.7. The fourth-order valence-corrected chi connectivity index (χ4v) is 14.7. The number of ether oxygens (including phenoxy) is 1. The van der Waals surface area contributed by atoms with Crippen LogP contribution < -0.4 is 20.9 Å². The predicted molar refractivity (Wildman–Crippen MR) is 253 cm³/mol. The number of aryl methyl sites for hydroxylation is 1. The molecule has 0 aromatic heterocycles. The molecule has 12 rings (SSSR count). The van der Waals surface area contributed by atoms with E-state index < -0.39 is 0 Å². The molecule has 7 nitrogen and oxygen atoms in total. The Kier molecular flexibility index (Phi) is 10.4. The number of hydrogen-bond acceptors (Lipinski definition) is 7. The predicted octanol–water partition coefficient (Wildman–Crippen LogP) is 10.6. The standard InChI is InChI=1S/C56H70N6O/c1-32-14-19-46-40(24-32)41-25-33(2)15-20-47(41)61(46)50-30-51(62-48-21-16-34(3)26-42(48)43-27-35(4)17-22-49(43)62)45(29-38(50)31-57)56-59-54(36-10-6-5-7-11-36)58-55(60-56)37-18-23-53-44(28-37)39-12-8-9-13-52(39)63-53/h6,8-11,14,19,24,26,28-30,33,35,37-39,41,43,47,49-50,52-56,58-60H,5,7,12-13,15-18,20-23,25,27H2,1-4H3. The Labute approximate surface area is 377 Å². The molecule has 15 unspecified atom stereocenters. The number of fused-ring (bicyclic) bond motifs is 8. The first-order valence-electron chi connectivity index (χ1n) is 25.4. The second kappa shape index (κ2) is 16.2. The molecule has 0 spiro atoms. The van der Waals surface area contributed by atoms with E-state index in [0.29, 0.717) is 41.9 Å². The second-order valence-electron chi connectivity index (χ2n) is 21.9. The lowest BCUT2D eigenvalue weighted by atomic mass is 9.75. The van der Waals surface area contributed by atoms with Crippen LogP contribution in [0.1, 0.15) is 128 Å². The molecular formula is C56H70N6O. The van der Waals surface area contributed by atoms with Crippen LogP contribution in [0.3, 0.4) is 0 Å². The maximum atomic E-state index is 11.5. The monoisotopic (exact) mass is 843 g/mol. The first-order valence-corrected chi connectivity index (χ1v) is 25.4. The lowest BCUT2D eigenvalue weighted by molar-refractivity contribution is 0.0290. The van der Waals surface area contributed by atoms with Crippen molar-refractivity contribution in [2.45, 2.75) is 172 Å². The van der Waals surface area contributed by atoms with E-state index in [1.807, 2.05) is 0 Å². The first-order chi connectivity index (χ1) is 30.8. The zero-order chi connectivity index (χ0) is 42.5. The van der Waals surface area contributed by atoms with Crippen molar-refractivity contribution in [3.8, 4) is 6.07 Å². The molecule has 2 saturated heterocycles. The van der Waals surface area contributed by atoms with Crippen LogP contribution in [0.15, 0.2) is 112 Å². The van der Waals surface area contributed by atoms with Crippen molar-refractivity contribution < 1.29 is 4.74 Å². The van der Waals surface area contributed by atoms with E-state index in [4.69, 9.17) is 4.74 Å². The van der Waals surface area contributed by atoms with Crippen LogP contribution in [0.25, 0.3) is 0 Å². The maximum Gasteiger partial charge on any atom is 0.0891 e. The van der Waals surface area contributed by atoms with Gasteiger partial charge in [-0.15, -0.1) is 0 Å². The summed E-state index contributed by atoms with van der Waals surface area (Å²) in [7, 11) is 0. The van der Waals surface area contributed by atoms with Gasteiger partial charge in [0, 0.05) is 58.4 Å². The molecule has 4 fully saturated rings. The Balaban J connectivity index is 0.978. The van der Waals surface area contributed by atoms with Crippen molar-refractivity contribution in [3.05, 3.63) is 123 Å². The molecule has 4 aliphatic heterocycles. The Morgan fingerprint density at radius 3 is 2.46 bits per heavy atom. The summed E-state index contributed by atoms with van der Waals surface area (Å²) in [5, 5.41) is 24.1. The summed E-state index contributed by atoms with van der Waals surface area (Å²) in [5.74, 6) is 3.09. The van der Waals surface area contributed by atoms with Crippen molar-refractivity contribution >= 4 is 5.69 Å². The summed E-state index contributed by atoms with van der Waals surface area (Å²) < 4.78 is 6.69. The van der Waals surface area contributed by atoms with Gasteiger partial charge in [0.25, 0.3) is 0 Å². The number of nitrogens with zero attached hydrogens (tertiary/aromatic N) is 3. The number of nitrogens with one attached hydrogen (secondary N) is 3. The van der Waals surface area contributed by atoms with Crippen molar-refractivity contribution in [1.82, 2.24) is 20.9 Å². The zero-order valence-corrected chi connectivity index (χ0v) is 38.2. The van der Waals surface area contributed by atoms with Gasteiger partial charge in [-0.1, -0.05) is 85.7 Å². The lowest BCUT2D eigenvalue weighted by Gasteiger charge is -2.48. The van der Waals surface area contributed by atoms with Gasteiger partial charge < -0.3 is 14.5 Å². The third-order valence-corrected chi connectivity index (χ3v) is 17.8. The molecule has 1 aromatic rings. The van der Waals surface area contributed by atoms with E-state index in [1.54, 1.807) is 16.8 Å². The largest absolute Gasteiger partial charge is 0.370 e. The van der Waals surface area contributed by atoms with Crippen LogP contribution >= 0.6 is 0 Å². The Bertz CT molecular complexity index is 2320. The van der Waals surface area contributed by atoms with E-state index in [9.17, 15) is 5.26 Å². The highest BCUT2D eigenvalue weighted by Gasteiger charge is 2.51. The molecule has 0 amide bonds. The minimum absolute atomic E-state index is 0.00453. The molecule has 2 saturated carbocycles. The zero-order valence-electron chi connectivity index (χ0n) is 38.2. The van der Waals surface area contributed by atoms with E-state index in [-0.39, 0.29) is 36.6 Å². The Morgan fingerprint density at radius 1 is 0.794 bits per heavy atom. The van der Waals surface area contributed by atoms with E-state index in [0.717, 1.165) is 63.2 Å². The second-order valence-corrected chi connectivity index (χ2v) is 21.9. The van der Waals surface area contributed by atoms with Crippen LogP contribution in [0.5, 0.6) is 0 Å². The van der Waals surface area contributed by atoms with E-state index >= 15 is 0 Å². The third kappa shape index (κ3) is 6.95. The van der Waals surface area contributed by atoms with Crippen LogP contribution in [-0.4, -0.2) is 53.7 Å². The number of nitriles is 1. The molecule has 15 atom stereocenters. The van der Waals surface area contributed by atoms with Crippen molar-refractivity contribution in [3.63, 3.8) is 0 Å². The SMILES string of the molecule is CC1=CC2=C(CC1)N(C1=CC(N3c4ccc(C)cc4C4CC(C)CCC43)C(C#N)C=C1C1NC(C3=CCCC=C3)NC(C3C=C4C(CC3)OC3CC=CCC43)N1)C1CCC(C)CC21. The van der Waals surface area contributed by atoms with Crippen molar-refractivity contribution in [2.24, 2.45) is 35.5 Å². The topological polar surface area (TPSA) is 75.6 Å². The molecule has 1 aromatic carbocycles. The smallest absolute Gasteiger partial charge is 0.0891 e. The van der Waals surface area contributed by atoms with Gasteiger partial charge in [-0.25, -0.2) is 0 Å². The highest BCUT2D eigenvalue weighted by Crippen LogP contribution is 2.55. The summed E-state index contributed by atoms with van der Waals surface area (Å²) in [6.07, 6.45) is 38.8. The summed E-state index contributed by atoms with van der Waals surface area (Å²) in [6.45, 7) is 9.54. The van der Waals surface area contributed by atoms with Crippen LogP contribution in [0.2, 0.25) is 0 Å². The minimum Gasteiger partial charge on any atom is -0.370 e. The summed E-state index contributed by atoms with van der Waals surface area (Å²) in [6, 6.07) is 11.0. The molecule has 11 aliphatic rings. The molecule has 7 heteroatoms. The number of allylic oxidation sites excluding steroid dienone is 6. The molecule has 330 valence electrons. The molecule has 0 radical (unpaired) electrons. The van der Waals surface area contributed by atoms with Gasteiger partial charge in [-0.05, 0) is 150 Å². The van der Waals surface area contributed by atoms with E-state index in [2.05, 4.69) is 132 Å². The molecule has 7 aliphatic carbocycles. The quantitative estimate of drug-likeness (QED) is 0.255. The van der Waals surface area contributed by atoms with Gasteiger partial charge in [0.05, 0.1) is 48.7 Å². The molecule has 63 heavy (non-hydrogen) atoms. The van der Waals surface area contributed by atoms with Gasteiger partial charge in [0.1, 0.15) is 0 Å². The summed E-state index contributed by atoms with van der Waals surface area (Å²) in [4.78, 5) is 5.64. The number of rotatable bonds is 5. The Hall–Kier alpha value is -3.93. The highest BCUT2D eigenvalue weighted by atomic mass is 16.5. The average Bonchev–Trinajstić information content (AvgIpc) is 3.95. The van der Waals surface area contributed by atoms with Gasteiger partial charge in [-0.3, -0.25) is 16.0 Å². The van der Waals surface area contributed by atoms with Gasteiger partial charge >= 0.3 is 0 Å². The molecule has 3 N–H and O–H groups in total. The fraction of sp³-hybridized carbons (Fsp3) is 0.589. The minimum atomic E-state index is -0.281. The van der Waals surface area contributed by atoms with Gasteiger partial charge in [-0.2, -0.15) is 5.26 Å². The highest BCUT2D eigenvalue weighted by molar-refractivity contribution is 5.66. The first kappa shape index (κ1) is 40.6.